The number of thiophene rings is 1. The van der Waals surface area contributed by atoms with Gasteiger partial charge in [-0.1, -0.05) is 0 Å². The molecule has 0 spiro atoms. The summed E-state index contributed by atoms with van der Waals surface area (Å²) in [5, 5.41) is 0.667. The lowest BCUT2D eigenvalue weighted by Crippen LogP contribution is -2.11. The second-order valence-corrected chi connectivity index (χ2v) is 7.39. The number of aryl methyl sites for hydroxylation is 1. The molecule has 1 aromatic carbocycles. The quantitative estimate of drug-likeness (QED) is 0.539. The number of alkyl halides is 1. The Morgan fingerprint density at radius 1 is 1.28 bits per heavy atom. The third kappa shape index (κ3) is 2.60. The Morgan fingerprint density at radius 3 is 2.76 bits per heavy atom. The second kappa shape index (κ2) is 6.35. The van der Waals surface area contributed by atoms with Crippen LogP contribution < -0.4 is 15.0 Å². The van der Waals surface area contributed by atoms with Crippen LogP contribution in [0.2, 0.25) is 0 Å². The molecular weight excluding hydrogens is 360 g/mol. The van der Waals surface area contributed by atoms with E-state index < -0.39 is 0 Å². The van der Waals surface area contributed by atoms with Gasteiger partial charge in [0, 0.05) is 29.2 Å². The van der Waals surface area contributed by atoms with E-state index in [1.54, 1.807) is 25.6 Å². The zero-order valence-electron chi connectivity index (χ0n) is 13.9. The van der Waals surface area contributed by atoms with E-state index in [1.165, 1.54) is 0 Å². The van der Waals surface area contributed by atoms with Gasteiger partial charge in [0.05, 0.1) is 19.6 Å². The maximum Gasteiger partial charge on any atom is 0.260 e. The van der Waals surface area contributed by atoms with Gasteiger partial charge in [-0.15, -0.1) is 22.9 Å². The van der Waals surface area contributed by atoms with E-state index >= 15 is 0 Å². The predicted octanol–water partition coefficient (Wildman–Crippen LogP) is 3.74. The van der Waals surface area contributed by atoms with Gasteiger partial charge in [-0.2, -0.15) is 0 Å². The molecule has 25 heavy (non-hydrogen) atoms. The fourth-order valence-corrected chi connectivity index (χ4v) is 4.70. The Hall–Kier alpha value is -2.05. The third-order valence-electron chi connectivity index (χ3n) is 4.46. The summed E-state index contributed by atoms with van der Waals surface area (Å²) in [6.45, 7) is 0. The molecule has 0 bridgehead atoms. The van der Waals surface area contributed by atoms with Crippen molar-refractivity contribution >= 4 is 33.2 Å². The summed E-state index contributed by atoms with van der Waals surface area (Å²) in [6.07, 6.45) is 2.25. The Kier molecular flexibility index (Phi) is 4.17. The van der Waals surface area contributed by atoms with Crippen LogP contribution in [-0.2, 0) is 12.8 Å². The van der Waals surface area contributed by atoms with Crippen molar-refractivity contribution in [2.75, 3.05) is 20.1 Å². The number of hydrogen-bond acceptors (Lipinski definition) is 5. The Bertz CT molecular complexity index is 1030. The minimum atomic E-state index is -0.0882. The van der Waals surface area contributed by atoms with Crippen molar-refractivity contribution in [1.82, 2.24) is 9.97 Å². The zero-order chi connectivity index (χ0) is 17.6. The van der Waals surface area contributed by atoms with Crippen LogP contribution >= 0.6 is 22.9 Å². The Labute approximate surface area is 153 Å². The van der Waals surface area contributed by atoms with Gasteiger partial charge in [0.25, 0.3) is 5.56 Å². The number of nitrogens with zero attached hydrogens (tertiary/aromatic N) is 1. The van der Waals surface area contributed by atoms with Gasteiger partial charge in [0.1, 0.15) is 10.7 Å². The van der Waals surface area contributed by atoms with E-state index in [1.807, 2.05) is 12.1 Å². The molecule has 0 aliphatic heterocycles. The molecule has 0 unspecified atom stereocenters. The molecular formula is C18H17ClN2O3S. The van der Waals surface area contributed by atoms with Gasteiger partial charge in [-0.05, 0) is 29.7 Å². The molecule has 130 valence electrons. The first-order valence-electron chi connectivity index (χ1n) is 8.02. The number of H-pyrrole nitrogens is 1. The van der Waals surface area contributed by atoms with Crippen LogP contribution in [0.15, 0.2) is 16.9 Å². The van der Waals surface area contributed by atoms with E-state index in [0.29, 0.717) is 35.0 Å². The van der Waals surface area contributed by atoms with Crippen LogP contribution in [0.25, 0.3) is 21.3 Å². The molecule has 0 atom stereocenters. The number of aromatic nitrogens is 2. The fraction of sp³-hybridized carbons (Fsp3) is 0.333. The fourth-order valence-electron chi connectivity index (χ4n) is 3.33. The molecule has 1 aliphatic rings. The molecule has 0 amide bonds. The molecule has 0 fully saturated rings. The summed E-state index contributed by atoms with van der Waals surface area (Å²) in [6, 6.07) is 3.94. The summed E-state index contributed by atoms with van der Waals surface area (Å²) in [5.41, 5.74) is 3.06. The topological polar surface area (TPSA) is 64.2 Å². The van der Waals surface area contributed by atoms with Crippen LogP contribution in [0, 0.1) is 0 Å². The van der Waals surface area contributed by atoms with Crippen molar-refractivity contribution < 1.29 is 9.47 Å². The largest absolute Gasteiger partial charge is 0.493 e. The maximum absolute atomic E-state index is 12.7. The lowest BCUT2D eigenvalue weighted by atomic mass is 10.0. The molecule has 4 rings (SSSR count). The number of fused-ring (bicyclic) bond motifs is 5. The smallest absolute Gasteiger partial charge is 0.260 e. The number of rotatable bonds is 5. The average molecular weight is 377 g/mol. The zero-order valence-corrected chi connectivity index (χ0v) is 15.5. The number of ether oxygens (including phenoxy) is 2. The van der Waals surface area contributed by atoms with Gasteiger partial charge >= 0.3 is 0 Å². The molecule has 3 aromatic rings. The molecule has 2 heterocycles. The van der Waals surface area contributed by atoms with E-state index in [2.05, 4.69) is 9.97 Å². The van der Waals surface area contributed by atoms with Gasteiger partial charge in [-0.3, -0.25) is 4.79 Å². The monoisotopic (exact) mass is 376 g/mol. The minimum Gasteiger partial charge on any atom is -0.493 e. The van der Waals surface area contributed by atoms with Gasteiger partial charge in [-0.25, -0.2) is 4.98 Å². The Balaban J connectivity index is 1.90. The van der Waals surface area contributed by atoms with E-state index in [9.17, 15) is 4.79 Å². The van der Waals surface area contributed by atoms with Crippen molar-refractivity contribution in [3.8, 4) is 22.6 Å². The van der Waals surface area contributed by atoms with Crippen LogP contribution in [0.5, 0.6) is 11.5 Å². The molecule has 1 aliphatic carbocycles. The molecule has 1 N–H and O–H groups in total. The lowest BCUT2D eigenvalue weighted by molar-refractivity contribution is 0.355. The standard InChI is InChI=1S/C18H17ClN2O3S/c1-23-11-6-9-7-13-15(10(9)8-12(11)24-2)16-17(22)20-14(4-3-5-19)21-18(16)25-13/h6,8H,3-5,7H2,1-2H3,(H,20,21,22). The number of halogens is 1. The van der Waals surface area contributed by atoms with Crippen molar-refractivity contribution in [3.63, 3.8) is 0 Å². The first-order chi connectivity index (χ1) is 12.2. The van der Waals surface area contributed by atoms with Crippen LogP contribution in [-0.4, -0.2) is 30.1 Å². The Morgan fingerprint density at radius 2 is 2.04 bits per heavy atom. The molecule has 0 saturated heterocycles. The van der Waals surface area contributed by atoms with E-state index in [4.69, 9.17) is 21.1 Å². The van der Waals surface area contributed by atoms with Crippen LogP contribution in [0.1, 0.15) is 22.7 Å². The van der Waals surface area contributed by atoms with Crippen LogP contribution in [0.3, 0.4) is 0 Å². The van der Waals surface area contributed by atoms with E-state index in [-0.39, 0.29) is 5.56 Å². The molecule has 0 saturated carbocycles. The predicted molar refractivity (Wildman–Crippen MR) is 101 cm³/mol. The number of methoxy groups -OCH3 is 2. The van der Waals surface area contributed by atoms with Gasteiger partial charge in [0.15, 0.2) is 11.5 Å². The normalized spacial score (nSPS) is 12.3. The van der Waals surface area contributed by atoms with Gasteiger partial charge in [0.2, 0.25) is 0 Å². The highest BCUT2D eigenvalue weighted by molar-refractivity contribution is 7.19. The number of aromatic amines is 1. The highest BCUT2D eigenvalue weighted by Gasteiger charge is 2.28. The van der Waals surface area contributed by atoms with Crippen molar-refractivity contribution in [2.24, 2.45) is 0 Å². The number of benzene rings is 1. The summed E-state index contributed by atoms with van der Waals surface area (Å²) < 4.78 is 10.8. The van der Waals surface area contributed by atoms with Crippen molar-refractivity contribution in [2.45, 2.75) is 19.3 Å². The summed E-state index contributed by atoms with van der Waals surface area (Å²) in [7, 11) is 3.24. The van der Waals surface area contributed by atoms with E-state index in [0.717, 1.165) is 39.2 Å². The highest BCUT2D eigenvalue weighted by atomic mass is 35.5. The SMILES string of the molecule is COc1cc2c(cc1OC)-c1c(sc3nc(CCCCl)[nH]c(=O)c13)C2. The first kappa shape index (κ1) is 16.4. The van der Waals surface area contributed by atoms with Crippen molar-refractivity contribution in [3.05, 3.63) is 38.8 Å². The summed E-state index contributed by atoms with van der Waals surface area (Å²) in [4.78, 5) is 22.2. The second-order valence-electron chi connectivity index (χ2n) is 5.93. The van der Waals surface area contributed by atoms with Crippen LogP contribution in [0.4, 0.5) is 0 Å². The summed E-state index contributed by atoms with van der Waals surface area (Å²) >= 11 is 7.33. The summed E-state index contributed by atoms with van der Waals surface area (Å²) in [5.74, 6) is 2.62. The molecule has 5 nitrogen and oxygen atoms in total. The highest BCUT2D eigenvalue weighted by Crippen LogP contribution is 2.48. The lowest BCUT2D eigenvalue weighted by Gasteiger charge is -2.10. The number of hydrogen-bond donors (Lipinski definition) is 1. The average Bonchev–Trinajstić information content (AvgIpc) is 3.13. The maximum atomic E-state index is 12.7. The van der Waals surface area contributed by atoms with Gasteiger partial charge < -0.3 is 14.5 Å². The molecule has 0 radical (unpaired) electrons. The first-order valence-corrected chi connectivity index (χ1v) is 9.37. The molecule has 7 heteroatoms. The van der Waals surface area contributed by atoms with Crippen molar-refractivity contribution in [1.29, 1.82) is 0 Å². The number of nitrogens with one attached hydrogen (secondary N) is 1. The third-order valence-corrected chi connectivity index (χ3v) is 5.81. The minimum absolute atomic E-state index is 0.0882. The molecule has 2 aromatic heterocycles.